The molecule has 2 aromatic rings. The molecule has 1 N–H and O–H groups in total. The summed E-state index contributed by atoms with van der Waals surface area (Å²) in [6, 6.07) is 13.0. The van der Waals surface area contributed by atoms with Crippen LogP contribution in [0.1, 0.15) is 51.5 Å². The second-order valence-electron chi connectivity index (χ2n) is 5.51. The Hall–Kier alpha value is -1.65. The lowest BCUT2D eigenvalue weighted by atomic mass is 9.88. The van der Waals surface area contributed by atoms with Crippen LogP contribution in [0.25, 0.3) is 0 Å². The van der Waals surface area contributed by atoms with Gasteiger partial charge in [0, 0.05) is 17.5 Å². The van der Waals surface area contributed by atoms with Gasteiger partial charge in [0.05, 0.1) is 6.61 Å². The van der Waals surface area contributed by atoms with E-state index < -0.39 is 0 Å². The summed E-state index contributed by atoms with van der Waals surface area (Å²) in [6.07, 6.45) is 3.58. The molecule has 0 bridgehead atoms. The van der Waals surface area contributed by atoms with Crippen LogP contribution >= 0.6 is 11.3 Å². The van der Waals surface area contributed by atoms with Crippen LogP contribution in [0.2, 0.25) is 0 Å². The first-order valence-electron chi connectivity index (χ1n) is 7.85. The number of nitrogens with one attached hydrogen (secondary N) is 1. The van der Waals surface area contributed by atoms with Crippen molar-refractivity contribution in [3.8, 4) is 0 Å². The molecule has 0 aliphatic heterocycles. The number of esters is 1. The number of hydrogen-bond acceptors (Lipinski definition) is 4. The highest BCUT2D eigenvalue weighted by molar-refractivity contribution is 7.13. The van der Waals surface area contributed by atoms with Crippen LogP contribution in [0.3, 0.4) is 0 Å². The Bertz CT molecular complexity index is 650. The van der Waals surface area contributed by atoms with E-state index in [2.05, 4.69) is 29.6 Å². The van der Waals surface area contributed by atoms with Crippen molar-refractivity contribution in [1.82, 2.24) is 5.32 Å². The van der Waals surface area contributed by atoms with Crippen LogP contribution in [0.4, 0.5) is 0 Å². The monoisotopic (exact) mass is 315 g/mol. The molecule has 0 amide bonds. The van der Waals surface area contributed by atoms with Gasteiger partial charge in [-0.3, -0.25) is 0 Å². The van der Waals surface area contributed by atoms with Crippen molar-refractivity contribution < 1.29 is 9.53 Å². The van der Waals surface area contributed by atoms with Gasteiger partial charge in [-0.2, -0.15) is 0 Å². The van der Waals surface area contributed by atoms with Gasteiger partial charge in [-0.1, -0.05) is 24.3 Å². The summed E-state index contributed by atoms with van der Waals surface area (Å²) in [7, 11) is 0. The number of aryl methyl sites for hydroxylation is 1. The van der Waals surface area contributed by atoms with E-state index in [1.807, 2.05) is 19.1 Å². The zero-order valence-electron chi connectivity index (χ0n) is 12.8. The van der Waals surface area contributed by atoms with E-state index in [1.165, 1.54) is 46.6 Å². The van der Waals surface area contributed by atoms with Crippen molar-refractivity contribution in [3.05, 3.63) is 57.3 Å². The lowest BCUT2D eigenvalue weighted by molar-refractivity contribution is 0.0532. The topological polar surface area (TPSA) is 38.3 Å². The predicted octanol–water partition coefficient (Wildman–Crippen LogP) is 4.09. The number of thiophene rings is 1. The number of carbonyl (C=O) groups excluding carboxylic acids is 1. The molecule has 3 rings (SSSR count). The number of fused-ring (bicyclic) bond motifs is 1. The van der Waals surface area contributed by atoms with Gasteiger partial charge in [-0.05, 0) is 49.4 Å². The summed E-state index contributed by atoms with van der Waals surface area (Å²) >= 11 is 1.51. The molecule has 0 radical (unpaired) electrons. The normalized spacial score (nSPS) is 17.0. The Morgan fingerprint density at radius 3 is 3.05 bits per heavy atom. The molecule has 116 valence electrons. The second-order valence-corrected chi connectivity index (χ2v) is 6.68. The predicted molar refractivity (Wildman–Crippen MR) is 89.2 cm³/mol. The molecule has 1 aromatic heterocycles. The van der Waals surface area contributed by atoms with Gasteiger partial charge < -0.3 is 10.1 Å². The third kappa shape index (κ3) is 3.39. The molecule has 1 aliphatic carbocycles. The zero-order chi connectivity index (χ0) is 15.4. The first-order valence-corrected chi connectivity index (χ1v) is 8.66. The van der Waals surface area contributed by atoms with Crippen molar-refractivity contribution in [1.29, 1.82) is 0 Å². The Labute approximate surface area is 135 Å². The molecule has 1 aliphatic rings. The molecular weight excluding hydrogens is 294 g/mol. The van der Waals surface area contributed by atoms with E-state index in [0.717, 1.165) is 6.54 Å². The lowest BCUT2D eigenvalue weighted by Crippen LogP contribution is -2.24. The molecule has 0 saturated heterocycles. The van der Waals surface area contributed by atoms with Crippen molar-refractivity contribution in [2.24, 2.45) is 0 Å². The fourth-order valence-corrected chi connectivity index (χ4v) is 3.83. The quantitative estimate of drug-likeness (QED) is 0.845. The minimum Gasteiger partial charge on any atom is -0.462 e. The maximum Gasteiger partial charge on any atom is 0.348 e. The van der Waals surface area contributed by atoms with Crippen LogP contribution in [-0.2, 0) is 17.7 Å². The average Bonchev–Trinajstić information content (AvgIpc) is 3.02. The Balaban J connectivity index is 1.63. The third-order valence-corrected chi connectivity index (χ3v) is 5.10. The fraction of sp³-hybridized carbons (Fsp3) is 0.389. The average molecular weight is 315 g/mol. The van der Waals surface area contributed by atoms with E-state index in [0.29, 0.717) is 17.5 Å². The molecular formula is C18H21NO2S. The maximum atomic E-state index is 11.7. The van der Waals surface area contributed by atoms with E-state index in [1.54, 1.807) is 0 Å². The Kier molecular flexibility index (Phi) is 4.90. The van der Waals surface area contributed by atoms with Gasteiger partial charge >= 0.3 is 5.97 Å². The van der Waals surface area contributed by atoms with Gasteiger partial charge in [-0.25, -0.2) is 4.79 Å². The van der Waals surface area contributed by atoms with Gasteiger partial charge in [0.25, 0.3) is 0 Å². The summed E-state index contributed by atoms with van der Waals surface area (Å²) in [5, 5.41) is 3.64. The minimum absolute atomic E-state index is 0.221. The van der Waals surface area contributed by atoms with Gasteiger partial charge in [-0.15, -0.1) is 11.3 Å². The Morgan fingerprint density at radius 1 is 1.32 bits per heavy atom. The van der Waals surface area contributed by atoms with Crippen molar-refractivity contribution in [2.75, 3.05) is 6.61 Å². The van der Waals surface area contributed by atoms with Crippen molar-refractivity contribution >= 4 is 17.3 Å². The van der Waals surface area contributed by atoms with Crippen LogP contribution in [0.15, 0.2) is 36.4 Å². The minimum atomic E-state index is -0.221. The summed E-state index contributed by atoms with van der Waals surface area (Å²) in [5.74, 6) is -0.221. The number of hydrogen-bond donors (Lipinski definition) is 1. The summed E-state index contributed by atoms with van der Waals surface area (Å²) in [6.45, 7) is 3.04. The largest absolute Gasteiger partial charge is 0.462 e. The van der Waals surface area contributed by atoms with Crippen LogP contribution in [-0.4, -0.2) is 12.6 Å². The SMILES string of the molecule is CCOC(=O)c1ccc(CN[C@H]2CCCc3ccccc32)s1. The zero-order valence-corrected chi connectivity index (χ0v) is 13.6. The molecule has 1 atom stereocenters. The molecule has 22 heavy (non-hydrogen) atoms. The van der Waals surface area contributed by atoms with E-state index in [4.69, 9.17) is 4.74 Å². The van der Waals surface area contributed by atoms with Gasteiger partial charge in [0.1, 0.15) is 4.88 Å². The van der Waals surface area contributed by atoms with Crippen LogP contribution < -0.4 is 5.32 Å². The first kappa shape index (κ1) is 15.3. The number of rotatable bonds is 5. The molecule has 1 aromatic carbocycles. The summed E-state index contributed by atoms with van der Waals surface area (Å²) in [4.78, 5) is 13.6. The number of ether oxygens (including phenoxy) is 1. The smallest absolute Gasteiger partial charge is 0.348 e. The first-order chi connectivity index (χ1) is 10.8. The standard InChI is InChI=1S/C18H21NO2S/c1-2-21-18(20)17-11-10-14(22-17)12-19-16-9-5-7-13-6-3-4-8-15(13)16/h3-4,6,8,10-11,16,19H,2,5,7,9,12H2,1H3/t16-/m0/s1. The van der Waals surface area contributed by atoms with Gasteiger partial charge in [0.2, 0.25) is 0 Å². The Morgan fingerprint density at radius 2 is 2.18 bits per heavy atom. The fourth-order valence-electron chi connectivity index (χ4n) is 2.97. The third-order valence-electron chi connectivity index (χ3n) is 4.03. The molecule has 0 unspecified atom stereocenters. The van der Waals surface area contributed by atoms with E-state index >= 15 is 0 Å². The van der Waals surface area contributed by atoms with Crippen LogP contribution in [0.5, 0.6) is 0 Å². The highest BCUT2D eigenvalue weighted by Crippen LogP contribution is 2.30. The van der Waals surface area contributed by atoms with Gasteiger partial charge in [0.15, 0.2) is 0 Å². The number of carbonyl (C=O) groups is 1. The molecule has 1 heterocycles. The summed E-state index contributed by atoms with van der Waals surface area (Å²) in [5.41, 5.74) is 2.89. The highest BCUT2D eigenvalue weighted by Gasteiger charge is 2.19. The maximum absolute atomic E-state index is 11.7. The van der Waals surface area contributed by atoms with Crippen molar-refractivity contribution in [2.45, 2.75) is 38.8 Å². The van der Waals surface area contributed by atoms with Crippen molar-refractivity contribution in [3.63, 3.8) is 0 Å². The van der Waals surface area contributed by atoms with E-state index in [9.17, 15) is 4.79 Å². The highest BCUT2D eigenvalue weighted by atomic mass is 32.1. The molecule has 4 heteroatoms. The molecule has 0 saturated carbocycles. The van der Waals surface area contributed by atoms with Crippen LogP contribution in [0, 0.1) is 0 Å². The summed E-state index contributed by atoms with van der Waals surface area (Å²) < 4.78 is 5.03. The van der Waals surface area contributed by atoms with E-state index in [-0.39, 0.29) is 5.97 Å². The molecule has 0 fully saturated rings. The molecule has 3 nitrogen and oxygen atoms in total. The molecule has 0 spiro atoms. The number of benzene rings is 1. The lowest BCUT2D eigenvalue weighted by Gasteiger charge is -2.26. The second kappa shape index (κ2) is 7.07.